The SMILES string of the molecule is CC1(C)C(c2ccccc2)=c2nc(-c3ccccc3)sc2=C2N=C(c3ccccc3)SC21C. The largest absolute Gasteiger partial charge is 0.243 e. The predicted octanol–water partition coefficient (Wildman–Crippen LogP) is 6.11. The van der Waals surface area contributed by atoms with Crippen molar-refractivity contribution in [1.29, 1.82) is 0 Å². The first-order chi connectivity index (χ1) is 16.0. The molecule has 1 unspecified atom stereocenters. The van der Waals surface area contributed by atoms with Crippen LogP contribution < -0.4 is 9.88 Å². The van der Waals surface area contributed by atoms with Crippen molar-refractivity contribution in [2.45, 2.75) is 25.5 Å². The fraction of sp³-hybridized carbons (Fsp3) is 0.172. The minimum absolute atomic E-state index is 0.177. The molecule has 4 aromatic rings. The Morgan fingerprint density at radius 3 is 1.82 bits per heavy atom. The Bertz CT molecular complexity index is 1500. The van der Waals surface area contributed by atoms with Gasteiger partial charge in [-0.05, 0) is 18.1 Å². The number of hydrogen-bond acceptors (Lipinski definition) is 4. The van der Waals surface area contributed by atoms with E-state index in [2.05, 4.69) is 112 Å². The van der Waals surface area contributed by atoms with Crippen LogP contribution in [0.3, 0.4) is 0 Å². The average Bonchev–Trinajstić information content (AvgIpc) is 3.43. The maximum atomic E-state index is 5.28. The van der Waals surface area contributed by atoms with Gasteiger partial charge >= 0.3 is 0 Å². The first kappa shape index (κ1) is 20.6. The first-order valence-corrected chi connectivity index (χ1v) is 12.8. The summed E-state index contributed by atoms with van der Waals surface area (Å²) in [7, 11) is 0. The van der Waals surface area contributed by atoms with Gasteiger partial charge in [-0.3, -0.25) is 0 Å². The van der Waals surface area contributed by atoms with Crippen LogP contribution in [0.2, 0.25) is 0 Å². The summed E-state index contributed by atoms with van der Waals surface area (Å²) in [6.07, 6.45) is 0. The van der Waals surface area contributed by atoms with E-state index in [1.165, 1.54) is 21.2 Å². The number of aliphatic imine (C=N–C) groups is 1. The molecule has 1 atom stereocenters. The van der Waals surface area contributed by atoms with Crippen LogP contribution in [0, 0.1) is 5.41 Å². The van der Waals surface area contributed by atoms with E-state index in [9.17, 15) is 0 Å². The lowest BCUT2D eigenvalue weighted by atomic mass is 9.67. The molecule has 1 aliphatic heterocycles. The second kappa shape index (κ2) is 7.54. The van der Waals surface area contributed by atoms with Crippen LogP contribution in [-0.2, 0) is 0 Å². The summed E-state index contributed by atoms with van der Waals surface area (Å²) in [6.45, 7) is 7.08. The molecule has 6 rings (SSSR count). The van der Waals surface area contributed by atoms with E-state index >= 15 is 0 Å². The number of benzene rings is 3. The zero-order chi connectivity index (χ0) is 22.6. The van der Waals surface area contributed by atoms with Crippen LogP contribution in [0.1, 0.15) is 31.9 Å². The normalized spacial score (nSPS) is 20.9. The smallest absolute Gasteiger partial charge is 0.124 e. The van der Waals surface area contributed by atoms with Gasteiger partial charge in [-0.1, -0.05) is 117 Å². The van der Waals surface area contributed by atoms with Crippen LogP contribution in [0.25, 0.3) is 21.8 Å². The minimum Gasteiger partial charge on any atom is -0.243 e. The van der Waals surface area contributed by atoms with E-state index in [1.807, 2.05) is 11.8 Å². The third kappa shape index (κ3) is 3.08. The average molecular weight is 465 g/mol. The molecular weight excluding hydrogens is 440 g/mol. The third-order valence-corrected chi connectivity index (χ3v) is 9.71. The molecule has 33 heavy (non-hydrogen) atoms. The first-order valence-electron chi connectivity index (χ1n) is 11.2. The number of thiazole rings is 1. The molecule has 0 spiro atoms. The van der Waals surface area contributed by atoms with E-state index in [-0.39, 0.29) is 10.2 Å². The molecule has 2 heterocycles. The molecule has 1 aromatic heterocycles. The molecule has 0 radical (unpaired) electrons. The summed E-state index contributed by atoms with van der Waals surface area (Å²) in [5.41, 5.74) is 5.86. The van der Waals surface area contributed by atoms with Crippen LogP contribution in [0.5, 0.6) is 0 Å². The summed E-state index contributed by atoms with van der Waals surface area (Å²) in [6, 6.07) is 31.8. The van der Waals surface area contributed by atoms with Gasteiger partial charge in [0, 0.05) is 16.5 Å². The van der Waals surface area contributed by atoms with Gasteiger partial charge in [0.2, 0.25) is 0 Å². The minimum atomic E-state index is -0.198. The number of nitrogens with zero attached hydrogens (tertiary/aromatic N) is 2. The third-order valence-electron chi connectivity index (χ3n) is 6.97. The summed E-state index contributed by atoms with van der Waals surface area (Å²) >= 11 is 3.67. The van der Waals surface area contributed by atoms with Crippen LogP contribution in [0.4, 0.5) is 0 Å². The molecule has 3 aromatic carbocycles. The highest BCUT2D eigenvalue weighted by atomic mass is 32.2. The van der Waals surface area contributed by atoms with Crippen molar-refractivity contribution in [2.24, 2.45) is 10.4 Å². The standard InChI is InChI=1S/C29H24N2S2/c1-28(2)22(19-13-7-4-8-14-19)23-24(32-26(30-23)20-15-9-5-10-16-20)25-29(28,3)33-27(31-25)21-17-11-6-12-18-21/h4-18H,1-3H3. The Morgan fingerprint density at radius 2 is 1.21 bits per heavy atom. The van der Waals surface area contributed by atoms with Crippen LogP contribution >= 0.6 is 23.1 Å². The van der Waals surface area contributed by atoms with E-state index in [0.29, 0.717) is 0 Å². The molecule has 0 saturated carbocycles. The molecule has 2 nitrogen and oxygen atoms in total. The van der Waals surface area contributed by atoms with Crippen molar-refractivity contribution >= 4 is 39.4 Å². The Kier molecular flexibility index (Phi) is 4.72. The molecule has 0 N–H and O–H groups in total. The number of hydrogen-bond donors (Lipinski definition) is 0. The van der Waals surface area contributed by atoms with E-state index in [1.54, 1.807) is 11.3 Å². The fourth-order valence-corrected chi connectivity index (χ4v) is 7.48. The summed E-state index contributed by atoms with van der Waals surface area (Å²) in [5.74, 6) is 0. The second-order valence-electron chi connectivity index (χ2n) is 9.20. The maximum Gasteiger partial charge on any atom is 0.124 e. The monoisotopic (exact) mass is 464 g/mol. The lowest BCUT2D eigenvalue weighted by Gasteiger charge is -2.44. The van der Waals surface area contributed by atoms with Crippen molar-refractivity contribution < 1.29 is 0 Å². The molecule has 0 bridgehead atoms. The lowest BCUT2D eigenvalue weighted by molar-refractivity contribution is 0.425. The van der Waals surface area contributed by atoms with Gasteiger partial charge in [0.05, 0.1) is 20.3 Å². The molecule has 2 aliphatic rings. The van der Waals surface area contributed by atoms with Crippen molar-refractivity contribution in [3.05, 3.63) is 112 Å². The van der Waals surface area contributed by atoms with Crippen molar-refractivity contribution in [1.82, 2.24) is 4.98 Å². The van der Waals surface area contributed by atoms with Gasteiger partial charge in [0.25, 0.3) is 0 Å². The quantitative estimate of drug-likeness (QED) is 0.365. The van der Waals surface area contributed by atoms with Crippen molar-refractivity contribution in [3.63, 3.8) is 0 Å². The van der Waals surface area contributed by atoms with Crippen molar-refractivity contribution in [2.75, 3.05) is 0 Å². The molecular formula is C29H24N2S2. The highest BCUT2D eigenvalue weighted by Crippen LogP contribution is 2.58. The van der Waals surface area contributed by atoms with E-state index < -0.39 is 0 Å². The Labute approximate surface area is 202 Å². The fourth-order valence-electron chi connectivity index (χ4n) is 4.86. The molecule has 0 amide bonds. The molecule has 0 fully saturated rings. The van der Waals surface area contributed by atoms with Crippen molar-refractivity contribution in [3.8, 4) is 10.6 Å². The molecule has 162 valence electrons. The topological polar surface area (TPSA) is 25.2 Å². The van der Waals surface area contributed by atoms with Gasteiger partial charge in [0.1, 0.15) is 10.1 Å². The van der Waals surface area contributed by atoms with Crippen LogP contribution in [-0.4, -0.2) is 14.8 Å². The zero-order valence-electron chi connectivity index (χ0n) is 18.9. The van der Waals surface area contributed by atoms with Gasteiger partial charge < -0.3 is 0 Å². The lowest BCUT2D eigenvalue weighted by Crippen LogP contribution is -2.50. The summed E-state index contributed by atoms with van der Waals surface area (Å²) in [4.78, 5) is 10.5. The molecule has 1 aliphatic carbocycles. The number of rotatable bonds is 3. The summed E-state index contributed by atoms with van der Waals surface area (Å²) in [5, 5.41) is 3.23. The Balaban J connectivity index is 1.72. The summed E-state index contributed by atoms with van der Waals surface area (Å²) < 4.78 is 1.00. The predicted molar refractivity (Wildman–Crippen MR) is 142 cm³/mol. The number of fused-ring (bicyclic) bond motifs is 2. The Hall–Kier alpha value is -2.95. The Morgan fingerprint density at radius 1 is 0.667 bits per heavy atom. The van der Waals surface area contributed by atoms with Gasteiger partial charge in [-0.25, -0.2) is 9.98 Å². The van der Waals surface area contributed by atoms with Gasteiger partial charge in [-0.2, -0.15) is 0 Å². The number of thioether (sulfide) groups is 1. The maximum absolute atomic E-state index is 5.28. The zero-order valence-corrected chi connectivity index (χ0v) is 20.5. The number of aromatic nitrogens is 1. The van der Waals surface area contributed by atoms with E-state index in [4.69, 9.17) is 9.98 Å². The van der Waals surface area contributed by atoms with Crippen LogP contribution in [0.15, 0.2) is 96.0 Å². The molecule has 4 heteroatoms. The van der Waals surface area contributed by atoms with Gasteiger partial charge in [-0.15, -0.1) is 11.3 Å². The highest BCUT2D eigenvalue weighted by Gasteiger charge is 2.54. The van der Waals surface area contributed by atoms with E-state index in [0.717, 1.165) is 26.7 Å². The highest BCUT2D eigenvalue weighted by molar-refractivity contribution is 8.16. The molecule has 0 saturated heterocycles. The second-order valence-corrected chi connectivity index (χ2v) is 11.6. The van der Waals surface area contributed by atoms with Gasteiger partial charge in [0.15, 0.2) is 0 Å².